The maximum absolute atomic E-state index is 11.4. The van der Waals surface area contributed by atoms with E-state index in [-0.39, 0.29) is 17.5 Å². The van der Waals surface area contributed by atoms with Crippen molar-refractivity contribution in [3.8, 4) is 0 Å². The lowest BCUT2D eigenvalue weighted by molar-refractivity contribution is -0.121. The van der Waals surface area contributed by atoms with Gasteiger partial charge in [0, 0.05) is 25.1 Å². The minimum atomic E-state index is -0.265. The molecule has 3 N–H and O–H groups in total. The van der Waals surface area contributed by atoms with Crippen LogP contribution in [0.25, 0.3) is 0 Å². The summed E-state index contributed by atoms with van der Waals surface area (Å²) >= 11 is 0. The summed E-state index contributed by atoms with van der Waals surface area (Å²) in [5.41, 5.74) is 0.351. The van der Waals surface area contributed by atoms with E-state index in [1.165, 1.54) is 12.3 Å². The summed E-state index contributed by atoms with van der Waals surface area (Å²) in [5.74, 6) is 0.00431. The van der Waals surface area contributed by atoms with Gasteiger partial charge in [0.05, 0.1) is 11.9 Å². The molecular formula is C11H18N4O2. The smallest absolute Gasteiger partial charge is 0.266 e. The van der Waals surface area contributed by atoms with Crippen molar-refractivity contribution in [3.63, 3.8) is 0 Å². The van der Waals surface area contributed by atoms with Gasteiger partial charge in [-0.1, -0.05) is 6.92 Å². The lowest BCUT2D eigenvalue weighted by atomic mass is 10.2. The highest BCUT2D eigenvalue weighted by Gasteiger charge is 2.04. The first-order chi connectivity index (χ1) is 8.11. The summed E-state index contributed by atoms with van der Waals surface area (Å²) in [6.45, 7) is 4.46. The Morgan fingerprint density at radius 3 is 3.00 bits per heavy atom. The zero-order valence-corrected chi connectivity index (χ0v) is 10.1. The van der Waals surface area contributed by atoms with Crippen LogP contribution in [0.3, 0.4) is 0 Å². The molecule has 0 aliphatic rings. The summed E-state index contributed by atoms with van der Waals surface area (Å²) in [4.78, 5) is 22.4. The SMILES string of the molecule is CCC(C)NC(=O)CCNc1cn[nH]c(=O)c1. The fourth-order valence-electron chi connectivity index (χ4n) is 1.24. The van der Waals surface area contributed by atoms with Gasteiger partial charge in [-0.2, -0.15) is 5.10 Å². The average Bonchev–Trinajstić information content (AvgIpc) is 2.29. The van der Waals surface area contributed by atoms with Crippen LogP contribution in [0.2, 0.25) is 0 Å². The Bertz CT molecular complexity index is 416. The second-order valence-electron chi connectivity index (χ2n) is 3.89. The number of aromatic nitrogens is 2. The highest BCUT2D eigenvalue weighted by molar-refractivity contribution is 5.76. The number of anilines is 1. The van der Waals surface area contributed by atoms with E-state index in [9.17, 15) is 9.59 Å². The Labute approximate surface area is 99.8 Å². The zero-order valence-electron chi connectivity index (χ0n) is 10.1. The molecule has 1 amide bonds. The fraction of sp³-hybridized carbons (Fsp3) is 0.545. The van der Waals surface area contributed by atoms with Gasteiger partial charge >= 0.3 is 0 Å². The van der Waals surface area contributed by atoms with Gasteiger partial charge in [-0.15, -0.1) is 0 Å². The summed E-state index contributed by atoms with van der Waals surface area (Å²) in [5, 5.41) is 11.8. The van der Waals surface area contributed by atoms with E-state index >= 15 is 0 Å². The summed E-state index contributed by atoms with van der Waals surface area (Å²) in [6, 6.07) is 1.60. The van der Waals surface area contributed by atoms with Crippen molar-refractivity contribution in [2.24, 2.45) is 0 Å². The minimum Gasteiger partial charge on any atom is -0.383 e. The van der Waals surface area contributed by atoms with Crippen LogP contribution in [0, 0.1) is 0 Å². The van der Waals surface area contributed by atoms with Gasteiger partial charge in [0.1, 0.15) is 0 Å². The predicted octanol–water partition coefficient (Wildman–Crippen LogP) is 0.487. The van der Waals surface area contributed by atoms with Crippen molar-refractivity contribution in [3.05, 3.63) is 22.6 Å². The van der Waals surface area contributed by atoms with E-state index in [1.807, 2.05) is 13.8 Å². The van der Waals surface area contributed by atoms with E-state index in [2.05, 4.69) is 20.8 Å². The first-order valence-electron chi connectivity index (χ1n) is 5.69. The molecule has 1 aromatic rings. The van der Waals surface area contributed by atoms with Crippen molar-refractivity contribution >= 4 is 11.6 Å². The van der Waals surface area contributed by atoms with E-state index in [0.29, 0.717) is 18.7 Å². The first-order valence-corrected chi connectivity index (χ1v) is 5.69. The summed E-state index contributed by atoms with van der Waals surface area (Å²) in [6.07, 6.45) is 2.79. The number of rotatable bonds is 6. The van der Waals surface area contributed by atoms with Crippen molar-refractivity contribution in [1.82, 2.24) is 15.5 Å². The molecule has 0 fully saturated rings. The molecule has 0 spiro atoms. The quantitative estimate of drug-likeness (QED) is 0.673. The van der Waals surface area contributed by atoms with Crippen LogP contribution in [0.4, 0.5) is 5.69 Å². The lowest BCUT2D eigenvalue weighted by Crippen LogP contribution is -2.33. The van der Waals surface area contributed by atoms with Gasteiger partial charge in [0.2, 0.25) is 5.91 Å². The Morgan fingerprint density at radius 2 is 2.35 bits per heavy atom. The number of nitrogens with one attached hydrogen (secondary N) is 3. The normalized spacial score (nSPS) is 11.9. The third kappa shape index (κ3) is 5.14. The summed E-state index contributed by atoms with van der Waals surface area (Å²) < 4.78 is 0. The number of aromatic amines is 1. The van der Waals surface area contributed by atoms with Gasteiger partial charge in [-0.3, -0.25) is 9.59 Å². The van der Waals surface area contributed by atoms with Crippen LogP contribution in [-0.2, 0) is 4.79 Å². The molecule has 0 aromatic carbocycles. The number of H-pyrrole nitrogens is 1. The lowest BCUT2D eigenvalue weighted by Gasteiger charge is -2.11. The predicted molar refractivity (Wildman–Crippen MR) is 65.9 cm³/mol. The van der Waals surface area contributed by atoms with Crippen LogP contribution < -0.4 is 16.2 Å². The maximum atomic E-state index is 11.4. The molecule has 1 rings (SSSR count). The third-order valence-corrected chi connectivity index (χ3v) is 2.37. The highest BCUT2D eigenvalue weighted by atomic mass is 16.1. The first kappa shape index (κ1) is 13.2. The van der Waals surface area contributed by atoms with Crippen LogP contribution in [0.5, 0.6) is 0 Å². The molecule has 6 heteroatoms. The minimum absolute atomic E-state index is 0.00431. The molecule has 6 nitrogen and oxygen atoms in total. The number of hydrogen-bond donors (Lipinski definition) is 3. The second-order valence-corrected chi connectivity index (χ2v) is 3.89. The number of nitrogens with zero attached hydrogens (tertiary/aromatic N) is 1. The van der Waals surface area contributed by atoms with Crippen LogP contribution >= 0.6 is 0 Å². The average molecular weight is 238 g/mol. The Balaban J connectivity index is 2.28. The largest absolute Gasteiger partial charge is 0.383 e. The maximum Gasteiger partial charge on any atom is 0.266 e. The molecule has 0 aliphatic heterocycles. The van der Waals surface area contributed by atoms with Crippen molar-refractivity contribution in [2.45, 2.75) is 32.7 Å². The van der Waals surface area contributed by atoms with Gasteiger partial charge < -0.3 is 10.6 Å². The zero-order chi connectivity index (χ0) is 12.7. The van der Waals surface area contributed by atoms with Crippen molar-refractivity contribution < 1.29 is 4.79 Å². The highest BCUT2D eigenvalue weighted by Crippen LogP contribution is 1.98. The molecule has 1 heterocycles. The van der Waals surface area contributed by atoms with Gasteiger partial charge in [0.25, 0.3) is 5.56 Å². The van der Waals surface area contributed by atoms with Gasteiger partial charge in [-0.05, 0) is 13.3 Å². The monoisotopic (exact) mass is 238 g/mol. The molecule has 1 atom stereocenters. The Hall–Kier alpha value is -1.85. The molecule has 17 heavy (non-hydrogen) atoms. The molecule has 1 unspecified atom stereocenters. The standard InChI is InChI=1S/C11H18N4O2/c1-3-8(2)14-10(16)4-5-12-9-6-11(17)15-13-7-9/h6-8H,3-5H2,1-2H3,(H,14,16)(H2,12,15,17). The second kappa shape index (κ2) is 6.67. The topological polar surface area (TPSA) is 86.9 Å². The van der Waals surface area contributed by atoms with Crippen molar-refractivity contribution in [2.75, 3.05) is 11.9 Å². The number of carbonyl (C=O) groups is 1. The number of carbonyl (C=O) groups excluding carboxylic acids is 1. The van der Waals surface area contributed by atoms with Crippen LogP contribution in [0.1, 0.15) is 26.7 Å². The number of amides is 1. The van der Waals surface area contributed by atoms with E-state index in [0.717, 1.165) is 6.42 Å². The van der Waals surface area contributed by atoms with Crippen LogP contribution in [-0.4, -0.2) is 28.7 Å². The Morgan fingerprint density at radius 1 is 1.59 bits per heavy atom. The van der Waals surface area contributed by atoms with E-state index in [1.54, 1.807) is 0 Å². The molecule has 0 saturated heterocycles. The fourth-order valence-corrected chi connectivity index (χ4v) is 1.24. The summed E-state index contributed by atoms with van der Waals surface area (Å²) in [7, 11) is 0. The molecule has 94 valence electrons. The van der Waals surface area contributed by atoms with E-state index < -0.39 is 0 Å². The molecule has 1 aromatic heterocycles. The van der Waals surface area contributed by atoms with Gasteiger partial charge in [0.15, 0.2) is 0 Å². The third-order valence-electron chi connectivity index (χ3n) is 2.37. The molecule has 0 bridgehead atoms. The van der Waals surface area contributed by atoms with Gasteiger partial charge in [-0.25, -0.2) is 5.10 Å². The molecular weight excluding hydrogens is 220 g/mol. The number of hydrogen-bond acceptors (Lipinski definition) is 4. The van der Waals surface area contributed by atoms with E-state index in [4.69, 9.17) is 0 Å². The molecule has 0 aliphatic carbocycles. The Kier molecular flexibility index (Phi) is 5.19. The van der Waals surface area contributed by atoms with Crippen LogP contribution in [0.15, 0.2) is 17.1 Å². The molecule has 0 radical (unpaired) electrons. The molecule has 0 saturated carbocycles. The van der Waals surface area contributed by atoms with Crippen molar-refractivity contribution in [1.29, 1.82) is 0 Å².